The van der Waals surface area contributed by atoms with E-state index in [9.17, 15) is 14.0 Å². The van der Waals surface area contributed by atoms with Crippen LogP contribution in [0.15, 0.2) is 54.6 Å². The van der Waals surface area contributed by atoms with Crippen molar-refractivity contribution in [2.24, 2.45) is 0 Å². The Labute approximate surface area is 162 Å². The van der Waals surface area contributed by atoms with Gasteiger partial charge >= 0.3 is 0 Å². The van der Waals surface area contributed by atoms with Crippen LogP contribution in [0.3, 0.4) is 0 Å². The van der Waals surface area contributed by atoms with Gasteiger partial charge in [-0.15, -0.1) is 0 Å². The van der Waals surface area contributed by atoms with E-state index in [0.29, 0.717) is 31.8 Å². The molecule has 2 aromatic carbocycles. The summed E-state index contributed by atoms with van der Waals surface area (Å²) < 4.78 is 24.3. The lowest BCUT2D eigenvalue weighted by molar-refractivity contribution is -0.140. The fourth-order valence-electron chi connectivity index (χ4n) is 3.63. The zero-order valence-corrected chi connectivity index (χ0v) is 15.3. The van der Waals surface area contributed by atoms with E-state index in [1.807, 2.05) is 30.3 Å². The van der Waals surface area contributed by atoms with Gasteiger partial charge in [-0.1, -0.05) is 18.2 Å². The highest BCUT2D eigenvalue weighted by Gasteiger charge is 2.46. The number of nitrogens with zero attached hydrogens (tertiary/aromatic N) is 2. The van der Waals surface area contributed by atoms with Gasteiger partial charge in [0.25, 0.3) is 11.8 Å². The summed E-state index contributed by atoms with van der Waals surface area (Å²) in [6.07, 6.45) is 0.659. The standard InChI is InChI=1S/C21H21FN2O4/c22-16-6-8-18(9-7-16)27-12-19(25)23-11-10-21(14-23)15-24(20(26)13-28-21)17-4-2-1-3-5-17/h1-9H,10-15H2. The third-order valence-corrected chi connectivity index (χ3v) is 5.16. The number of halogens is 1. The molecule has 0 aliphatic carbocycles. The number of para-hydroxylation sites is 1. The molecule has 1 atom stereocenters. The highest BCUT2D eigenvalue weighted by atomic mass is 19.1. The lowest BCUT2D eigenvalue weighted by Crippen LogP contribution is -2.56. The number of hydrogen-bond donors (Lipinski definition) is 0. The topological polar surface area (TPSA) is 59.1 Å². The second-order valence-electron chi connectivity index (χ2n) is 7.10. The maximum atomic E-state index is 12.9. The van der Waals surface area contributed by atoms with Gasteiger partial charge in [0.05, 0.1) is 13.1 Å². The number of likely N-dealkylation sites (tertiary alicyclic amines) is 1. The van der Waals surface area contributed by atoms with Crippen LogP contribution in [0.4, 0.5) is 10.1 Å². The van der Waals surface area contributed by atoms with Crippen LogP contribution < -0.4 is 9.64 Å². The SMILES string of the molecule is O=C(COc1ccc(F)cc1)N1CCC2(C1)CN(c1ccccc1)C(=O)CO2. The Morgan fingerprint density at radius 3 is 2.61 bits per heavy atom. The van der Waals surface area contributed by atoms with Crippen LogP contribution in [0.2, 0.25) is 0 Å². The summed E-state index contributed by atoms with van der Waals surface area (Å²) in [5.74, 6) is -0.153. The molecule has 7 heteroatoms. The molecule has 1 spiro atoms. The molecule has 1 unspecified atom stereocenters. The van der Waals surface area contributed by atoms with Crippen LogP contribution in [0.1, 0.15) is 6.42 Å². The Morgan fingerprint density at radius 1 is 1.11 bits per heavy atom. The van der Waals surface area contributed by atoms with E-state index < -0.39 is 5.60 Å². The zero-order valence-electron chi connectivity index (χ0n) is 15.3. The van der Waals surface area contributed by atoms with Crippen LogP contribution in [0, 0.1) is 5.82 Å². The lowest BCUT2D eigenvalue weighted by atomic mass is 10.00. The van der Waals surface area contributed by atoms with Crippen molar-refractivity contribution in [1.29, 1.82) is 0 Å². The summed E-state index contributed by atoms with van der Waals surface area (Å²) in [7, 11) is 0. The average Bonchev–Trinajstić information content (AvgIpc) is 3.14. The summed E-state index contributed by atoms with van der Waals surface area (Å²) in [5.41, 5.74) is 0.273. The monoisotopic (exact) mass is 384 g/mol. The van der Waals surface area contributed by atoms with Gasteiger partial charge in [0.15, 0.2) is 6.61 Å². The quantitative estimate of drug-likeness (QED) is 0.811. The Bertz CT molecular complexity index is 858. The van der Waals surface area contributed by atoms with E-state index in [-0.39, 0.29) is 30.8 Å². The first-order valence-electron chi connectivity index (χ1n) is 9.20. The molecular formula is C21H21FN2O4. The van der Waals surface area contributed by atoms with Crippen molar-refractivity contribution in [3.63, 3.8) is 0 Å². The van der Waals surface area contributed by atoms with E-state index in [2.05, 4.69) is 0 Å². The normalized spacial score (nSPS) is 22.0. The first kappa shape index (κ1) is 18.4. The maximum Gasteiger partial charge on any atom is 0.260 e. The lowest BCUT2D eigenvalue weighted by Gasteiger charge is -2.40. The molecule has 0 radical (unpaired) electrons. The van der Waals surface area contributed by atoms with Crippen LogP contribution in [-0.2, 0) is 14.3 Å². The second kappa shape index (κ2) is 7.59. The summed E-state index contributed by atoms with van der Waals surface area (Å²) in [4.78, 5) is 28.3. The highest BCUT2D eigenvalue weighted by molar-refractivity contribution is 5.95. The number of ether oxygens (including phenoxy) is 2. The van der Waals surface area contributed by atoms with Crippen molar-refractivity contribution in [2.75, 3.05) is 37.7 Å². The molecule has 0 bridgehead atoms. The van der Waals surface area contributed by atoms with Crippen LogP contribution in [-0.4, -0.2) is 55.2 Å². The molecule has 2 fully saturated rings. The average molecular weight is 384 g/mol. The molecule has 0 saturated carbocycles. The molecule has 2 heterocycles. The molecule has 2 aliphatic rings. The minimum absolute atomic E-state index is 0.00298. The third-order valence-electron chi connectivity index (χ3n) is 5.16. The van der Waals surface area contributed by atoms with Crippen LogP contribution in [0.25, 0.3) is 0 Å². The Hall–Kier alpha value is -2.93. The van der Waals surface area contributed by atoms with Crippen molar-refractivity contribution < 1.29 is 23.5 Å². The number of amides is 2. The largest absolute Gasteiger partial charge is 0.484 e. The van der Waals surface area contributed by atoms with Crippen LogP contribution >= 0.6 is 0 Å². The minimum atomic E-state index is -0.560. The van der Waals surface area contributed by atoms with E-state index in [1.54, 1.807) is 9.80 Å². The predicted octanol–water partition coefficient (Wildman–Crippen LogP) is 2.24. The van der Waals surface area contributed by atoms with Gasteiger partial charge in [0.2, 0.25) is 0 Å². The van der Waals surface area contributed by atoms with Gasteiger partial charge < -0.3 is 19.3 Å². The Morgan fingerprint density at radius 2 is 1.86 bits per heavy atom. The second-order valence-corrected chi connectivity index (χ2v) is 7.10. The third kappa shape index (κ3) is 3.84. The van der Waals surface area contributed by atoms with Gasteiger partial charge in [-0.2, -0.15) is 0 Å². The summed E-state index contributed by atoms with van der Waals surface area (Å²) >= 11 is 0. The first-order valence-corrected chi connectivity index (χ1v) is 9.20. The van der Waals surface area contributed by atoms with Crippen molar-refractivity contribution in [3.05, 3.63) is 60.4 Å². The smallest absolute Gasteiger partial charge is 0.260 e. The molecule has 2 amide bonds. The van der Waals surface area contributed by atoms with Crippen molar-refractivity contribution in [3.8, 4) is 5.75 Å². The molecular weight excluding hydrogens is 363 g/mol. The number of carbonyl (C=O) groups excluding carboxylic acids is 2. The van der Waals surface area contributed by atoms with Crippen LogP contribution in [0.5, 0.6) is 5.75 Å². The fraction of sp³-hybridized carbons (Fsp3) is 0.333. The number of benzene rings is 2. The first-order chi connectivity index (χ1) is 13.5. The number of morpholine rings is 1. The summed E-state index contributed by atoms with van der Waals surface area (Å²) in [6.45, 7) is 1.25. The molecule has 146 valence electrons. The number of rotatable bonds is 4. The molecule has 28 heavy (non-hydrogen) atoms. The zero-order chi connectivity index (χ0) is 19.6. The van der Waals surface area contributed by atoms with Gasteiger partial charge in [0.1, 0.15) is 23.8 Å². The Balaban J connectivity index is 1.37. The van der Waals surface area contributed by atoms with E-state index >= 15 is 0 Å². The number of carbonyl (C=O) groups is 2. The maximum absolute atomic E-state index is 12.9. The molecule has 2 aromatic rings. The Kier molecular flexibility index (Phi) is 5.00. The molecule has 0 N–H and O–H groups in total. The summed E-state index contributed by atoms with van der Waals surface area (Å²) in [5, 5.41) is 0. The van der Waals surface area contributed by atoms with Crippen molar-refractivity contribution >= 4 is 17.5 Å². The van der Waals surface area contributed by atoms with Gasteiger partial charge in [-0.05, 0) is 42.8 Å². The fourth-order valence-corrected chi connectivity index (χ4v) is 3.63. The minimum Gasteiger partial charge on any atom is -0.484 e. The van der Waals surface area contributed by atoms with Crippen molar-refractivity contribution in [2.45, 2.75) is 12.0 Å². The number of hydrogen-bond acceptors (Lipinski definition) is 4. The predicted molar refractivity (Wildman–Crippen MR) is 101 cm³/mol. The van der Waals surface area contributed by atoms with Crippen molar-refractivity contribution in [1.82, 2.24) is 4.90 Å². The molecule has 4 rings (SSSR count). The van der Waals surface area contributed by atoms with E-state index in [4.69, 9.17) is 9.47 Å². The van der Waals surface area contributed by atoms with E-state index in [0.717, 1.165) is 5.69 Å². The van der Waals surface area contributed by atoms with E-state index in [1.165, 1.54) is 24.3 Å². The van der Waals surface area contributed by atoms with Gasteiger partial charge in [-0.3, -0.25) is 9.59 Å². The number of anilines is 1. The summed E-state index contributed by atoms with van der Waals surface area (Å²) in [6, 6.07) is 15.0. The molecule has 6 nitrogen and oxygen atoms in total. The highest BCUT2D eigenvalue weighted by Crippen LogP contribution is 2.32. The molecule has 2 saturated heterocycles. The molecule has 0 aromatic heterocycles. The van der Waals surface area contributed by atoms with Gasteiger partial charge in [-0.25, -0.2) is 4.39 Å². The molecule has 2 aliphatic heterocycles. The van der Waals surface area contributed by atoms with Gasteiger partial charge in [0, 0.05) is 12.2 Å².